The van der Waals surface area contributed by atoms with Gasteiger partial charge in [-0.2, -0.15) is 0 Å². The number of Topliss-reactive ketones (excluding diaryl/α,β-unsaturated/α-hetero) is 1. The number of benzene rings is 3. The van der Waals surface area contributed by atoms with Crippen molar-refractivity contribution in [2.75, 3.05) is 30.4 Å². The lowest BCUT2D eigenvalue weighted by Gasteiger charge is -2.29. The van der Waals surface area contributed by atoms with E-state index in [-0.39, 0.29) is 17.3 Å². The van der Waals surface area contributed by atoms with Gasteiger partial charge in [0, 0.05) is 42.6 Å². The average molecular weight is 449 g/mol. The van der Waals surface area contributed by atoms with Gasteiger partial charge in [-0.05, 0) is 62.1 Å². The molecule has 0 saturated carbocycles. The molecule has 1 fully saturated rings. The lowest BCUT2D eigenvalue weighted by molar-refractivity contribution is 0.101. The van der Waals surface area contributed by atoms with E-state index in [9.17, 15) is 19.1 Å². The summed E-state index contributed by atoms with van der Waals surface area (Å²) in [5.41, 5.74) is 3.71. The molecule has 2 N–H and O–H groups in total. The van der Waals surface area contributed by atoms with Crippen molar-refractivity contribution in [3.05, 3.63) is 77.6 Å². The predicted molar refractivity (Wildman–Crippen MR) is 131 cm³/mol. The number of hydrogen-bond acceptors (Lipinski definition) is 5. The molecule has 1 heterocycles. The van der Waals surface area contributed by atoms with Crippen molar-refractivity contribution in [3.63, 3.8) is 0 Å². The first-order valence-corrected chi connectivity index (χ1v) is 11.1. The summed E-state index contributed by atoms with van der Waals surface area (Å²) in [6, 6.07) is 17.4. The Morgan fingerprint density at radius 3 is 2.33 bits per heavy atom. The normalized spacial score (nSPS) is 13.0. The van der Waals surface area contributed by atoms with Gasteiger partial charge < -0.3 is 15.3 Å². The lowest BCUT2D eigenvalue weighted by Crippen LogP contribution is -2.29. The van der Waals surface area contributed by atoms with Crippen LogP contribution in [0.5, 0.6) is 5.75 Å². The van der Waals surface area contributed by atoms with E-state index in [0.717, 1.165) is 24.3 Å². The monoisotopic (exact) mass is 448 g/mol. The molecule has 0 bridgehead atoms. The van der Waals surface area contributed by atoms with Crippen LogP contribution in [0.1, 0.15) is 46.9 Å². The number of hydrogen-bond donors (Lipinski definition) is 2. The number of aldehydes is 1. The molecule has 0 aliphatic carbocycles. The van der Waals surface area contributed by atoms with Gasteiger partial charge in [-0.1, -0.05) is 30.3 Å². The van der Waals surface area contributed by atoms with Crippen molar-refractivity contribution in [3.8, 4) is 16.9 Å². The summed E-state index contributed by atoms with van der Waals surface area (Å²) in [6.07, 6.45) is 4.40. The molecular weight excluding hydrogens is 419 g/mol. The number of halogens is 1. The molecule has 172 valence electrons. The minimum atomic E-state index is -0.384. The highest BCUT2D eigenvalue weighted by Crippen LogP contribution is 2.29. The molecule has 0 radical (unpaired) electrons. The first-order chi connectivity index (χ1) is 15.9. The van der Waals surface area contributed by atoms with Crippen LogP contribution in [0.15, 0.2) is 60.7 Å². The first-order valence-electron chi connectivity index (χ1n) is 11.1. The maximum absolute atomic E-state index is 14.0. The van der Waals surface area contributed by atoms with E-state index in [1.165, 1.54) is 32.3 Å². The smallest absolute Gasteiger partial charge is 0.161 e. The third-order valence-electron chi connectivity index (χ3n) is 5.70. The van der Waals surface area contributed by atoms with Crippen LogP contribution >= 0.6 is 0 Å². The van der Waals surface area contributed by atoms with E-state index in [2.05, 4.69) is 10.2 Å². The Morgan fingerprint density at radius 1 is 1.03 bits per heavy atom. The average Bonchev–Trinajstić information content (AvgIpc) is 2.85. The van der Waals surface area contributed by atoms with Crippen molar-refractivity contribution >= 4 is 23.4 Å². The van der Waals surface area contributed by atoms with Gasteiger partial charge >= 0.3 is 0 Å². The number of phenols is 1. The standard InChI is InChI=1S/C15H14FNO.C12H15NO2/c1-10(18)12-8-14(16)13(9-15(12)17-2)11-6-4-3-5-7-11;14-9-10-8-11(4-5-12(10)15)13-6-2-1-3-7-13/h3-9,17H,1-2H3;4-5,8-9,15H,1-3,6-7H2. The van der Waals surface area contributed by atoms with Crippen molar-refractivity contribution in [2.45, 2.75) is 26.2 Å². The second-order valence-electron chi connectivity index (χ2n) is 7.96. The molecule has 0 aromatic heterocycles. The molecule has 33 heavy (non-hydrogen) atoms. The molecule has 1 saturated heterocycles. The second kappa shape index (κ2) is 11.3. The third kappa shape index (κ3) is 5.98. The Labute approximate surface area is 193 Å². The van der Waals surface area contributed by atoms with Crippen LogP contribution in [0.25, 0.3) is 11.1 Å². The zero-order valence-electron chi connectivity index (χ0n) is 19.0. The Morgan fingerprint density at radius 2 is 1.73 bits per heavy atom. The summed E-state index contributed by atoms with van der Waals surface area (Å²) >= 11 is 0. The Kier molecular flexibility index (Phi) is 8.19. The van der Waals surface area contributed by atoms with E-state index in [1.807, 2.05) is 36.4 Å². The highest BCUT2D eigenvalue weighted by molar-refractivity contribution is 6.00. The Balaban J connectivity index is 0.000000189. The molecule has 3 aromatic rings. The Bertz CT molecular complexity index is 1110. The molecule has 1 aliphatic heterocycles. The summed E-state index contributed by atoms with van der Waals surface area (Å²) < 4.78 is 14.0. The summed E-state index contributed by atoms with van der Waals surface area (Å²) in [5, 5.41) is 12.3. The van der Waals surface area contributed by atoms with Crippen LogP contribution in [0.2, 0.25) is 0 Å². The largest absolute Gasteiger partial charge is 0.507 e. The van der Waals surface area contributed by atoms with E-state index in [1.54, 1.807) is 25.2 Å². The van der Waals surface area contributed by atoms with Gasteiger partial charge in [0.25, 0.3) is 0 Å². The van der Waals surface area contributed by atoms with Crippen LogP contribution in [0, 0.1) is 5.82 Å². The minimum Gasteiger partial charge on any atom is -0.507 e. The lowest BCUT2D eigenvalue weighted by atomic mass is 10.00. The summed E-state index contributed by atoms with van der Waals surface area (Å²) in [4.78, 5) is 24.4. The van der Waals surface area contributed by atoms with Gasteiger partial charge in [0.15, 0.2) is 12.1 Å². The topological polar surface area (TPSA) is 69.6 Å². The highest BCUT2D eigenvalue weighted by Gasteiger charge is 2.14. The van der Waals surface area contributed by atoms with Gasteiger partial charge in [-0.3, -0.25) is 9.59 Å². The zero-order valence-corrected chi connectivity index (χ0v) is 19.0. The molecule has 0 amide bonds. The fourth-order valence-corrected chi connectivity index (χ4v) is 3.90. The van der Waals surface area contributed by atoms with Crippen LogP contribution in [-0.4, -0.2) is 37.3 Å². The van der Waals surface area contributed by atoms with Crippen LogP contribution in [0.4, 0.5) is 15.8 Å². The van der Waals surface area contributed by atoms with Crippen molar-refractivity contribution < 1.29 is 19.1 Å². The van der Waals surface area contributed by atoms with Gasteiger partial charge in [0.05, 0.1) is 5.56 Å². The number of rotatable bonds is 5. The van der Waals surface area contributed by atoms with Crippen LogP contribution in [0.3, 0.4) is 0 Å². The number of ketones is 1. The number of nitrogens with zero attached hydrogens (tertiary/aromatic N) is 1. The quantitative estimate of drug-likeness (QED) is 0.374. The zero-order chi connectivity index (χ0) is 23.8. The molecular formula is C27H29FN2O3. The third-order valence-corrected chi connectivity index (χ3v) is 5.70. The van der Waals surface area contributed by atoms with Gasteiger partial charge in [-0.15, -0.1) is 0 Å². The summed E-state index contributed by atoms with van der Waals surface area (Å²) in [6.45, 7) is 3.52. The van der Waals surface area contributed by atoms with E-state index in [0.29, 0.717) is 28.7 Å². The molecule has 0 unspecified atom stereocenters. The molecule has 3 aromatic carbocycles. The maximum atomic E-state index is 14.0. The molecule has 5 nitrogen and oxygen atoms in total. The van der Waals surface area contributed by atoms with Crippen molar-refractivity contribution in [1.29, 1.82) is 0 Å². The van der Waals surface area contributed by atoms with Gasteiger partial charge in [0.2, 0.25) is 0 Å². The Hall–Kier alpha value is -3.67. The van der Waals surface area contributed by atoms with Crippen molar-refractivity contribution in [1.82, 2.24) is 0 Å². The molecule has 4 rings (SSSR count). The van der Waals surface area contributed by atoms with Gasteiger partial charge in [-0.25, -0.2) is 4.39 Å². The maximum Gasteiger partial charge on any atom is 0.161 e. The van der Waals surface area contributed by atoms with Crippen LogP contribution < -0.4 is 10.2 Å². The van der Waals surface area contributed by atoms with E-state index < -0.39 is 0 Å². The van der Waals surface area contributed by atoms with E-state index >= 15 is 0 Å². The molecule has 6 heteroatoms. The SMILES string of the molecule is CNc1cc(-c2ccccc2)c(F)cc1C(C)=O.O=Cc1cc(N2CCCCC2)ccc1O. The molecule has 1 aliphatic rings. The van der Waals surface area contributed by atoms with Crippen LogP contribution in [-0.2, 0) is 0 Å². The fourth-order valence-electron chi connectivity index (χ4n) is 3.90. The minimum absolute atomic E-state index is 0.0609. The van der Waals surface area contributed by atoms with Gasteiger partial charge in [0.1, 0.15) is 11.6 Å². The van der Waals surface area contributed by atoms with E-state index in [4.69, 9.17) is 0 Å². The number of piperidine rings is 1. The number of carbonyl (C=O) groups is 2. The highest BCUT2D eigenvalue weighted by atomic mass is 19.1. The first kappa shape index (κ1) is 24.0. The number of nitrogens with one attached hydrogen (secondary N) is 1. The number of carbonyl (C=O) groups excluding carboxylic acids is 2. The summed E-state index contributed by atoms with van der Waals surface area (Å²) in [7, 11) is 1.72. The number of aromatic hydroxyl groups is 1. The molecule has 0 spiro atoms. The number of anilines is 2. The fraction of sp³-hybridized carbons (Fsp3) is 0.259. The van der Waals surface area contributed by atoms with Crippen molar-refractivity contribution in [2.24, 2.45) is 0 Å². The summed E-state index contributed by atoms with van der Waals surface area (Å²) in [5.74, 6) is -0.478. The second-order valence-corrected chi connectivity index (χ2v) is 7.96. The number of phenolic OH excluding ortho intramolecular Hbond substituents is 1. The predicted octanol–water partition coefficient (Wildman–Crippen LogP) is 5.93. The molecule has 0 atom stereocenters.